The number of fused-ring (bicyclic) bond motifs is 6. The molecule has 2 heterocycles. The summed E-state index contributed by atoms with van der Waals surface area (Å²) in [7, 11) is 0. The van der Waals surface area contributed by atoms with E-state index < -0.39 is 0 Å². The van der Waals surface area contributed by atoms with Gasteiger partial charge in [-0.2, -0.15) is 10.5 Å². The van der Waals surface area contributed by atoms with Crippen molar-refractivity contribution < 1.29 is 0 Å². The second-order valence-corrected chi connectivity index (χ2v) is 12.8. The summed E-state index contributed by atoms with van der Waals surface area (Å²) in [6.45, 7) is 2.30. The minimum atomic E-state index is 0.290. The van der Waals surface area contributed by atoms with Gasteiger partial charge in [0.05, 0.1) is 45.0 Å². The van der Waals surface area contributed by atoms with Gasteiger partial charge in [0.25, 0.3) is 0 Å². The molecule has 1 unspecified atom stereocenters. The Morgan fingerprint density at radius 1 is 0.551 bits per heavy atom. The number of benzene rings is 6. The minimum Gasteiger partial charge on any atom is -0.310 e. The SMILES string of the molecule is CC1CC=C(n2c3ccccc3c3ccccc32)C=C1c1ccccc1-c1cccc(C#N)c1-n1c2ccccc2c2cc(C#N)ccc21. The van der Waals surface area contributed by atoms with Crippen LogP contribution in [0.3, 0.4) is 0 Å². The van der Waals surface area contributed by atoms with Gasteiger partial charge >= 0.3 is 0 Å². The highest BCUT2D eigenvalue weighted by Gasteiger charge is 2.24. The third-order valence-electron chi connectivity index (χ3n) is 10.1. The Balaban J connectivity index is 1.29. The second-order valence-electron chi connectivity index (χ2n) is 12.8. The lowest BCUT2D eigenvalue weighted by Crippen LogP contribution is -2.08. The lowest BCUT2D eigenvalue weighted by atomic mass is 9.83. The van der Waals surface area contributed by atoms with E-state index in [9.17, 15) is 10.5 Å². The molecule has 0 radical (unpaired) electrons. The number of para-hydroxylation sites is 4. The van der Waals surface area contributed by atoms with Crippen LogP contribution in [0.15, 0.2) is 146 Å². The highest BCUT2D eigenvalue weighted by molar-refractivity contribution is 6.12. The van der Waals surface area contributed by atoms with Crippen molar-refractivity contribution in [1.82, 2.24) is 9.13 Å². The zero-order valence-corrected chi connectivity index (χ0v) is 26.9. The normalized spacial score (nSPS) is 14.6. The van der Waals surface area contributed by atoms with Crippen molar-refractivity contribution in [1.29, 1.82) is 10.5 Å². The summed E-state index contributed by atoms with van der Waals surface area (Å²) in [5, 5.41) is 24.8. The maximum atomic E-state index is 10.6. The summed E-state index contributed by atoms with van der Waals surface area (Å²) in [6, 6.07) is 50.8. The Hall–Kier alpha value is -6.62. The molecule has 0 aliphatic heterocycles. The molecule has 2 aromatic heterocycles. The predicted octanol–water partition coefficient (Wildman–Crippen LogP) is 11.3. The summed E-state index contributed by atoms with van der Waals surface area (Å²) in [6.07, 6.45) is 5.64. The van der Waals surface area contributed by atoms with Crippen molar-refractivity contribution in [3.05, 3.63) is 162 Å². The summed E-state index contributed by atoms with van der Waals surface area (Å²) >= 11 is 0. The summed E-state index contributed by atoms with van der Waals surface area (Å²) < 4.78 is 4.60. The fourth-order valence-corrected chi connectivity index (χ4v) is 7.83. The lowest BCUT2D eigenvalue weighted by molar-refractivity contribution is 0.757. The summed E-state index contributed by atoms with van der Waals surface area (Å²) in [5.41, 5.74) is 12.1. The van der Waals surface area contributed by atoms with E-state index in [0.29, 0.717) is 17.0 Å². The van der Waals surface area contributed by atoms with E-state index in [1.807, 2.05) is 42.5 Å². The number of hydrogen-bond donors (Lipinski definition) is 0. The molecule has 1 aliphatic rings. The summed E-state index contributed by atoms with van der Waals surface area (Å²) in [5.74, 6) is 0.290. The third kappa shape index (κ3) is 4.36. The van der Waals surface area contributed by atoms with Gasteiger partial charge in [-0.3, -0.25) is 0 Å². The van der Waals surface area contributed by atoms with Crippen LogP contribution in [0.25, 0.3) is 71.7 Å². The number of aromatic nitrogens is 2. The number of hydrogen-bond acceptors (Lipinski definition) is 2. The van der Waals surface area contributed by atoms with Gasteiger partial charge in [0.1, 0.15) is 6.07 Å². The largest absolute Gasteiger partial charge is 0.310 e. The first-order chi connectivity index (χ1) is 24.2. The lowest BCUT2D eigenvalue weighted by Gasteiger charge is -2.25. The van der Waals surface area contributed by atoms with E-state index >= 15 is 0 Å². The van der Waals surface area contributed by atoms with Gasteiger partial charge in [-0.1, -0.05) is 104 Å². The second kappa shape index (κ2) is 11.3. The van der Waals surface area contributed by atoms with Crippen molar-refractivity contribution in [2.24, 2.45) is 5.92 Å². The molecule has 230 valence electrons. The van der Waals surface area contributed by atoms with E-state index in [4.69, 9.17) is 0 Å². The maximum Gasteiger partial charge on any atom is 0.101 e. The van der Waals surface area contributed by atoms with Crippen LogP contribution >= 0.6 is 0 Å². The molecule has 0 amide bonds. The van der Waals surface area contributed by atoms with Crippen molar-refractivity contribution >= 4 is 54.9 Å². The predicted molar refractivity (Wildman–Crippen MR) is 201 cm³/mol. The minimum absolute atomic E-state index is 0.290. The number of allylic oxidation sites excluding steroid dienone is 4. The zero-order valence-electron chi connectivity index (χ0n) is 26.9. The Morgan fingerprint density at radius 3 is 1.80 bits per heavy atom. The van der Waals surface area contributed by atoms with Crippen molar-refractivity contribution in [3.8, 4) is 29.0 Å². The number of nitriles is 2. The van der Waals surface area contributed by atoms with E-state index in [1.165, 1.54) is 33.1 Å². The van der Waals surface area contributed by atoms with Crippen LogP contribution in [-0.2, 0) is 0 Å². The van der Waals surface area contributed by atoms with Crippen LogP contribution in [0.1, 0.15) is 30.0 Å². The number of rotatable bonds is 4. The monoisotopic (exact) mass is 626 g/mol. The van der Waals surface area contributed by atoms with E-state index in [1.54, 1.807) is 0 Å². The standard InChI is InChI=1S/C45H30N4/c1-29-21-23-32(48-41-18-7-4-14-35(41)36-15-5-8-19-42(36)48)26-39(29)34-13-3-2-12-33(34)38-17-10-11-31(28-47)45(38)49-43-20-9-6-16-37(43)40-25-30(27-46)22-24-44(40)49/h2-20,22-26,29H,21H2,1H3. The van der Waals surface area contributed by atoms with E-state index in [-0.39, 0.29) is 0 Å². The van der Waals surface area contributed by atoms with Crippen molar-refractivity contribution in [2.75, 3.05) is 0 Å². The van der Waals surface area contributed by atoms with Gasteiger partial charge in [-0.05, 0) is 77.6 Å². The van der Waals surface area contributed by atoms with Gasteiger partial charge in [0.2, 0.25) is 0 Å². The number of nitrogens with zero attached hydrogens (tertiary/aromatic N) is 4. The Bertz CT molecular complexity index is 2740. The third-order valence-corrected chi connectivity index (χ3v) is 10.1. The molecule has 1 aliphatic carbocycles. The smallest absolute Gasteiger partial charge is 0.101 e. The van der Waals surface area contributed by atoms with Crippen LogP contribution in [-0.4, -0.2) is 9.13 Å². The van der Waals surface area contributed by atoms with Crippen molar-refractivity contribution in [3.63, 3.8) is 0 Å². The topological polar surface area (TPSA) is 57.4 Å². The van der Waals surface area contributed by atoms with Crippen LogP contribution < -0.4 is 0 Å². The van der Waals surface area contributed by atoms with Gasteiger partial charge in [0, 0.05) is 32.8 Å². The first-order valence-corrected chi connectivity index (χ1v) is 16.6. The fraction of sp³-hybridized carbons (Fsp3) is 0.0667. The first kappa shape index (κ1) is 28.6. The molecule has 9 rings (SSSR count). The molecule has 49 heavy (non-hydrogen) atoms. The van der Waals surface area contributed by atoms with Gasteiger partial charge in [-0.25, -0.2) is 0 Å². The Labute approximate surface area is 284 Å². The van der Waals surface area contributed by atoms with Crippen LogP contribution in [0.5, 0.6) is 0 Å². The summed E-state index contributed by atoms with van der Waals surface area (Å²) in [4.78, 5) is 0. The zero-order chi connectivity index (χ0) is 33.1. The molecule has 0 spiro atoms. The highest BCUT2D eigenvalue weighted by atomic mass is 15.0. The molecule has 0 bridgehead atoms. The van der Waals surface area contributed by atoms with Gasteiger partial charge in [-0.15, -0.1) is 0 Å². The molecule has 0 saturated heterocycles. The van der Waals surface area contributed by atoms with Crippen molar-refractivity contribution in [2.45, 2.75) is 13.3 Å². The molecule has 6 aromatic carbocycles. The van der Waals surface area contributed by atoms with E-state index in [0.717, 1.165) is 50.6 Å². The molecule has 0 saturated carbocycles. The average Bonchev–Trinajstić information content (AvgIpc) is 3.67. The molecular weight excluding hydrogens is 597 g/mol. The highest BCUT2D eigenvalue weighted by Crippen LogP contribution is 2.44. The van der Waals surface area contributed by atoms with Gasteiger partial charge < -0.3 is 9.13 Å². The molecule has 0 fully saturated rings. The molecule has 4 heteroatoms. The van der Waals surface area contributed by atoms with E-state index in [2.05, 4.69) is 131 Å². The Kier molecular flexibility index (Phi) is 6.57. The maximum absolute atomic E-state index is 10.6. The first-order valence-electron chi connectivity index (χ1n) is 16.6. The molecule has 4 nitrogen and oxygen atoms in total. The molecule has 1 atom stereocenters. The molecular formula is C45H30N4. The van der Waals surface area contributed by atoms with Crippen LogP contribution in [0.4, 0.5) is 0 Å². The van der Waals surface area contributed by atoms with Crippen LogP contribution in [0, 0.1) is 28.6 Å². The Morgan fingerprint density at radius 2 is 1.12 bits per heavy atom. The van der Waals surface area contributed by atoms with Crippen LogP contribution in [0.2, 0.25) is 0 Å². The molecule has 0 N–H and O–H groups in total. The average molecular weight is 627 g/mol. The quantitative estimate of drug-likeness (QED) is 0.195. The fourth-order valence-electron chi connectivity index (χ4n) is 7.83. The van der Waals surface area contributed by atoms with Gasteiger partial charge in [0.15, 0.2) is 0 Å². The molecule has 8 aromatic rings.